The molecule has 1 aliphatic carbocycles. The van der Waals surface area contributed by atoms with Crippen LogP contribution < -0.4 is 16.1 Å². The lowest BCUT2D eigenvalue weighted by Crippen LogP contribution is -2.41. The Morgan fingerprint density at radius 1 is 1.14 bits per heavy atom. The predicted octanol–water partition coefficient (Wildman–Crippen LogP) is 4.89. The molecule has 0 radical (unpaired) electrons. The van der Waals surface area contributed by atoms with Gasteiger partial charge in [-0.05, 0) is 71.0 Å². The number of aldehydes is 1. The molecule has 2 fully saturated rings. The first-order valence-electron chi connectivity index (χ1n) is 12.7. The molecule has 2 atom stereocenters. The largest absolute Gasteiger partial charge is 0.495 e. The number of anilines is 3. The van der Waals surface area contributed by atoms with E-state index in [1.54, 1.807) is 20.3 Å². The molecule has 1 saturated carbocycles. The van der Waals surface area contributed by atoms with E-state index >= 15 is 0 Å². The lowest BCUT2D eigenvalue weighted by atomic mass is 9.76. The number of nitrogens with zero attached hydrogens (tertiary/aromatic N) is 2. The van der Waals surface area contributed by atoms with Gasteiger partial charge in [0.2, 0.25) is 5.95 Å². The van der Waals surface area contributed by atoms with Crippen molar-refractivity contribution in [2.75, 3.05) is 24.9 Å². The van der Waals surface area contributed by atoms with Gasteiger partial charge in [0.1, 0.15) is 12.1 Å². The van der Waals surface area contributed by atoms with Gasteiger partial charge in [0, 0.05) is 43.3 Å². The zero-order valence-electron chi connectivity index (χ0n) is 23.0. The average Bonchev–Trinajstić information content (AvgIpc) is 3.03. The van der Waals surface area contributed by atoms with Crippen LogP contribution in [0.3, 0.4) is 0 Å². The predicted molar refractivity (Wildman–Crippen MR) is 146 cm³/mol. The lowest BCUT2D eigenvalue weighted by Gasteiger charge is -2.32. The van der Waals surface area contributed by atoms with Crippen molar-refractivity contribution < 1.29 is 18.8 Å². The zero-order valence-corrected chi connectivity index (χ0v) is 23.0. The molecule has 0 bridgehead atoms. The summed E-state index contributed by atoms with van der Waals surface area (Å²) in [5.41, 5.74) is 2.04. The number of methoxy groups -OCH3 is 1. The topological polar surface area (TPSA) is 94.6 Å². The van der Waals surface area contributed by atoms with Crippen LogP contribution in [0.4, 0.5) is 17.5 Å². The van der Waals surface area contributed by atoms with Gasteiger partial charge in [-0.25, -0.2) is 4.98 Å². The standard InChI is InChI=1S/C25H35BN4O3.C2H6O/c1-16-8-7-9-19(12-16)28-22-17(2)14-27-23(30-22)29-20-10-11-21(18(13-20)15-31)26-32-24(3,4)25(5,6)33-26;1-3-2/h10-11,13-16,19H,7-9,12H2,1-6H3,(H2,27,28,29,30);1-2H3. The molecule has 2 aromatic rings. The van der Waals surface area contributed by atoms with Gasteiger partial charge in [-0.15, -0.1) is 0 Å². The summed E-state index contributed by atoms with van der Waals surface area (Å²) in [6, 6.07) is 5.99. The summed E-state index contributed by atoms with van der Waals surface area (Å²) in [6.45, 7) is 12.3. The molecular formula is C27H41BN4O4. The van der Waals surface area contributed by atoms with Crippen LogP contribution in [-0.2, 0) is 14.0 Å². The van der Waals surface area contributed by atoms with E-state index in [1.165, 1.54) is 19.3 Å². The molecule has 2 N–H and O–H groups in total. The van der Waals surface area contributed by atoms with Gasteiger partial charge in [0.05, 0.1) is 11.2 Å². The van der Waals surface area contributed by atoms with Crippen LogP contribution in [0.2, 0.25) is 0 Å². The quantitative estimate of drug-likeness (QED) is 0.431. The highest BCUT2D eigenvalue weighted by molar-refractivity contribution is 6.63. The minimum atomic E-state index is -0.589. The second-order valence-corrected chi connectivity index (χ2v) is 10.9. The van der Waals surface area contributed by atoms with Gasteiger partial charge in [0.15, 0.2) is 0 Å². The van der Waals surface area contributed by atoms with Gasteiger partial charge in [-0.1, -0.05) is 25.8 Å². The van der Waals surface area contributed by atoms with E-state index in [-0.39, 0.29) is 0 Å². The number of carbonyl (C=O) groups is 1. The second-order valence-electron chi connectivity index (χ2n) is 10.9. The SMILES string of the molecule is COC.Cc1cnc(Nc2ccc(B3OC(C)(C)C(C)(C)O3)c(C=O)c2)nc1NC1CCCC(C)C1. The number of ether oxygens (including phenoxy) is 1. The number of carbonyl (C=O) groups excluding carboxylic acids is 1. The molecule has 2 aliphatic rings. The van der Waals surface area contributed by atoms with Crippen LogP contribution in [0, 0.1) is 12.8 Å². The molecule has 8 nitrogen and oxygen atoms in total. The van der Waals surface area contributed by atoms with Crippen molar-refractivity contribution in [3.05, 3.63) is 35.5 Å². The molecule has 1 saturated heterocycles. The Bertz CT molecular complexity index is 1030. The highest BCUT2D eigenvalue weighted by Gasteiger charge is 2.52. The Morgan fingerprint density at radius 3 is 2.42 bits per heavy atom. The van der Waals surface area contributed by atoms with Gasteiger partial charge in [-0.3, -0.25) is 4.79 Å². The molecule has 1 aromatic heterocycles. The van der Waals surface area contributed by atoms with Crippen molar-refractivity contribution in [2.24, 2.45) is 5.92 Å². The van der Waals surface area contributed by atoms with Crippen molar-refractivity contribution in [3.63, 3.8) is 0 Å². The Hall–Kier alpha value is -2.49. The summed E-state index contributed by atoms with van der Waals surface area (Å²) in [4.78, 5) is 21.0. The first-order valence-corrected chi connectivity index (χ1v) is 12.7. The fourth-order valence-electron chi connectivity index (χ4n) is 4.48. The molecule has 0 amide bonds. The van der Waals surface area contributed by atoms with Crippen molar-refractivity contribution >= 4 is 36.3 Å². The third-order valence-corrected chi connectivity index (χ3v) is 7.23. The molecule has 4 rings (SSSR count). The Morgan fingerprint density at radius 2 is 1.81 bits per heavy atom. The first kappa shape index (κ1) is 28.1. The van der Waals surface area contributed by atoms with Crippen molar-refractivity contribution in [3.8, 4) is 0 Å². The highest BCUT2D eigenvalue weighted by atomic mass is 16.7. The molecule has 196 valence electrons. The summed E-state index contributed by atoms with van der Waals surface area (Å²) in [5, 5.41) is 6.85. The molecule has 2 unspecified atom stereocenters. The Kier molecular flexibility index (Phi) is 9.14. The maximum absolute atomic E-state index is 11.9. The zero-order chi connectivity index (χ0) is 26.5. The molecule has 0 spiro atoms. The number of aromatic nitrogens is 2. The third-order valence-electron chi connectivity index (χ3n) is 7.23. The van der Waals surface area contributed by atoms with Crippen LogP contribution >= 0.6 is 0 Å². The van der Waals surface area contributed by atoms with E-state index in [1.807, 2.05) is 52.9 Å². The molecule has 9 heteroatoms. The fourth-order valence-corrected chi connectivity index (χ4v) is 4.48. The summed E-state index contributed by atoms with van der Waals surface area (Å²) in [6.07, 6.45) is 7.53. The number of hydrogen-bond acceptors (Lipinski definition) is 8. The maximum Gasteiger partial charge on any atom is 0.495 e. The number of aryl methyl sites for hydroxylation is 1. The summed E-state index contributed by atoms with van der Waals surface area (Å²) in [5.74, 6) is 2.09. The number of nitrogens with one attached hydrogen (secondary N) is 2. The van der Waals surface area contributed by atoms with Gasteiger partial charge in [0.25, 0.3) is 0 Å². The van der Waals surface area contributed by atoms with E-state index in [0.717, 1.165) is 35.7 Å². The minimum absolute atomic E-state index is 0.441. The maximum atomic E-state index is 11.9. The van der Waals surface area contributed by atoms with E-state index in [0.29, 0.717) is 23.0 Å². The Balaban J connectivity index is 0.00000115. The fraction of sp³-hybridized carbons (Fsp3) is 0.593. The molecule has 1 aliphatic heterocycles. The smallest absolute Gasteiger partial charge is 0.399 e. The summed E-state index contributed by atoms with van der Waals surface area (Å²) >= 11 is 0. The summed E-state index contributed by atoms with van der Waals surface area (Å²) < 4.78 is 16.5. The third kappa shape index (κ3) is 6.63. The van der Waals surface area contributed by atoms with E-state index in [9.17, 15) is 4.79 Å². The normalized spacial score (nSPS) is 22.4. The molecule has 1 aromatic carbocycles. The molecule has 36 heavy (non-hydrogen) atoms. The minimum Gasteiger partial charge on any atom is -0.399 e. The number of rotatable bonds is 6. The molecule has 2 heterocycles. The average molecular weight is 496 g/mol. The number of hydrogen-bond donors (Lipinski definition) is 2. The lowest BCUT2D eigenvalue weighted by molar-refractivity contribution is 0.00578. The van der Waals surface area contributed by atoms with Crippen LogP contribution in [-0.4, -0.2) is 54.8 Å². The molecular weight excluding hydrogens is 455 g/mol. The first-order chi connectivity index (χ1) is 17.0. The van der Waals surface area contributed by atoms with Crippen LogP contribution in [0.15, 0.2) is 24.4 Å². The number of benzene rings is 1. The van der Waals surface area contributed by atoms with Gasteiger partial charge in [-0.2, -0.15) is 4.98 Å². The second kappa shape index (κ2) is 11.7. The van der Waals surface area contributed by atoms with Crippen LogP contribution in [0.25, 0.3) is 0 Å². The van der Waals surface area contributed by atoms with Crippen LogP contribution in [0.1, 0.15) is 76.2 Å². The van der Waals surface area contributed by atoms with Crippen molar-refractivity contribution in [2.45, 2.75) is 84.5 Å². The van der Waals surface area contributed by atoms with E-state index < -0.39 is 18.3 Å². The van der Waals surface area contributed by atoms with Crippen molar-refractivity contribution in [1.82, 2.24) is 9.97 Å². The van der Waals surface area contributed by atoms with E-state index in [2.05, 4.69) is 27.3 Å². The van der Waals surface area contributed by atoms with Gasteiger partial charge >= 0.3 is 7.12 Å². The van der Waals surface area contributed by atoms with Crippen LogP contribution in [0.5, 0.6) is 0 Å². The highest BCUT2D eigenvalue weighted by Crippen LogP contribution is 2.37. The van der Waals surface area contributed by atoms with Gasteiger partial charge < -0.3 is 24.7 Å². The van der Waals surface area contributed by atoms with E-state index in [4.69, 9.17) is 14.3 Å². The monoisotopic (exact) mass is 496 g/mol. The summed E-state index contributed by atoms with van der Waals surface area (Å²) in [7, 11) is 2.66. The Labute approximate surface area is 216 Å². The van der Waals surface area contributed by atoms with Crippen molar-refractivity contribution in [1.29, 1.82) is 0 Å².